The molecule has 0 atom stereocenters. The second kappa shape index (κ2) is 5.97. The van der Waals surface area contributed by atoms with Gasteiger partial charge in [-0.1, -0.05) is 12.1 Å². The van der Waals surface area contributed by atoms with Crippen LogP contribution in [0.3, 0.4) is 0 Å². The summed E-state index contributed by atoms with van der Waals surface area (Å²) < 4.78 is 0. The van der Waals surface area contributed by atoms with Crippen molar-refractivity contribution in [3.63, 3.8) is 0 Å². The van der Waals surface area contributed by atoms with Crippen LogP contribution in [0.15, 0.2) is 24.3 Å². The van der Waals surface area contributed by atoms with E-state index in [0.717, 1.165) is 11.4 Å². The summed E-state index contributed by atoms with van der Waals surface area (Å²) in [5, 5.41) is 13.8. The lowest BCUT2D eigenvalue weighted by Crippen LogP contribution is -2.31. The molecule has 88 valence electrons. The van der Waals surface area contributed by atoms with Crippen molar-refractivity contribution < 1.29 is 9.90 Å². The molecule has 0 aliphatic rings. The smallest absolute Gasteiger partial charge is 0.319 e. The Kier molecular flexibility index (Phi) is 4.60. The quantitative estimate of drug-likeness (QED) is 0.709. The fourth-order valence-corrected chi connectivity index (χ4v) is 1.31. The van der Waals surface area contributed by atoms with Crippen LogP contribution in [0.5, 0.6) is 0 Å². The van der Waals surface area contributed by atoms with Crippen molar-refractivity contribution in [3.8, 4) is 0 Å². The summed E-state index contributed by atoms with van der Waals surface area (Å²) >= 11 is 0. The van der Waals surface area contributed by atoms with E-state index in [9.17, 15) is 4.79 Å². The molecule has 0 heterocycles. The average Bonchev–Trinajstić information content (AvgIpc) is 2.27. The van der Waals surface area contributed by atoms with E-state index in [0.29, 0.717) is 0 Å². The molecule has 0 bridgehead atoms. The Balaban J connectivity index is 2.69. The molecule has 0 radical (unpaired) electrons. The summed E-state index contributed by atoms with van der Waals surface area (Å²) in [6.45, 7) is 0.179. The summed E-state index contributed by atoms with van der Waals surface area (Å²) in [7, 11) is 3.82. The van der Waals surface area contributed by atoms with Gasteiger partial charge in [0.1, 0.15) is 0 Å². The van der Waals surface area contributed by atoms with Crippen LogP contribution in [0.1, 0.15) is 0 Å². The predicted octanol–water partition coefficient (Wildman–Crippen LogP) is 0.866. The number of urea groups is 1. The highest BCUT2D eigenvalue weighted by Gasteiger charge is 2.06. The minimum absolute atomic E-state index is 0.0667. The third-order valence-corrected chi connectivity index (χ3v) is 2.03. The van der Waals surface area contributed by atoms with Crippen LogP contribution in [0.4, 0.5) is 16.2 Å². The Morgan fingerprint density at radius 2 is 2.06 bits per heavy atom. The third-order valence-electron chi connectivity index (χ3n) is 2.03. The SMILES string of the molecule is CN(C)c1ccccc1NC(=O)NCCO. The first-order valence-corrected chi connectivity index (χ1v) is 5.07. The minimum Gasteiger partial charge on any atom is -0.395 e. The Hall–Kier alpha value is -1.75. The second-order valence-electron chi connectivity index (χ2n) is 3.52. The fourth-order valence-electron chi connectivity index (χ4n) is 1.31. The average molecular weight is 223 g/mol. The number of nitrogens with one attached hydrogen (secondary N) is 2. The zero-order valence-electron chi connectivity index (χ0n) is 9.53. The molecule has 0 saturated carbocycles. The van der Waals surface area contributed by atoms with Crippen LogP contribution in [0.2, 0.25) is 0 Å². The van der Waals surface area contributed by atoms with Crippen molar-refractivity contribution in [2.75, 3.05) is 37.5 Å². The van der Waals surface area contributed by atoms with Crippen LogP contribution in [0.25, 0.3) is 0 Å². The van der Waals surface area contributed by atoms with Crippen molar-refractivity contribution in [1.82, 2.24) is 5.32 Å². The lowest BCUT2D eigenvalue weighted by molar-refractivity contribution is 0.245. The maximum absolute atomic E-state index is 11.4. The molecule has 0 fully saturated rings. The molecule has 3 N–H and O–H groups in total. The first kappa shape index (κ1) is 12.3. The number of carbonyl (C=O) groups excluding carboxylic acids is 1. The Morgan fingerprint density at radius 1 is 1.38 bits per heavy atom. The number of benzene rings is 1. The van der Waals surface area contributed by atoms with Crippen LogP contribution >= 0.6 is 0 Å². The topological polar surface area (TPSA) is 64.6 Å². The molecule has 1 rings (SSSR count). The molecule has 5 nitrogen and oxygen atoms in total. The van der Waals surface area contributed by atoms with Gasteiger partial charge in [-0.25, -0.2) is 4.79 Å². The number of hydrogen-bond acceptors (Lipinski definition) is 3. The number of aliphatic hydroxyl groups excluding tert-OH is 1. The van der Waals surface area contributed by atoms with Gasteiger partial charge in [-0.3, -0.25) is 0 Å². The van der Waals surface area contributed by atoms with E-state index in [1.54, 1.807) is 0 Å². The molecule has 1 aromatic rings. The molecule has 16 heavy (non-hydrogen) atoms. The van der Waals surface area contributed by atoms with E-state index in [1.807, 2.05) is 43.3 Å². The van der Waals surface area contributed by atoms with Gasteiger partial charge in [-0.15, -0.1) is 0 Å². The number of nitrogens with zero attached hydrogens (tertiary/aromatic N) is 1. The Bertz CT molecular complexity index is 353. The van der Waals surface area contributed by atoms with Crippen LogP contribution < -0.4 is 15.5 Å². The summed E-state index contributed by atoms with van der Waals surface area (Å²) in [6, 6.07) is 7.19. The van der Waals surface area contributed by atoms with E-state index in [4.69, 9.17) is 5.11 Å². The highest BCUT2D eigenvalue weighted by atomic mass is 16.3. The largest absolute Gasteiger partial charge is 0.395 e. The van der Waals surface area contributed by atoms with E-state index in [-0.39, 0.29) is 19.2 Å². The molecular weight excluding hydrogens is 206 g/mol. The van der Waals surface area contributed by atoms with Gasteiger partial charge in [0.2, 0.25) is 0 Å². The second-order valence-corrected chi connectivity index (χ2v) is 3.52. The summed E-state index contributed by atoms with van der Waals surface area (Å²) in [6.07, 6.45) is 0. The standard InChI is InChI=1S/C11H17N3O2/c1-14(2)10-6-4-3-5-9(10)13-11(16)12-7-8-15/h3-6,15H,7-8H2,1-2H3,(H2,12,13,16). The molecule has 0 unspecified atom stereocenters. The molecule has 5 heteroatoms. The van der Waals surface area contributed by atoms with E-state index < -0.39 is 0 Å². The zero-order chi connectivity index (χ0) is 12.0. The number of anilines is 2. The molecule has 0 aliphatic heterocycles. The number of aliphatic hydroxyl groups is 1. The molecule has 0 saturated heterocycles. The highest BCUT2D eigenvalue weighted by Crippen LogP contribution is 2.22. The molecular formula is C11H17N3O2. The van der Waals surface area contributed by atoms with Gasteiger partial charge >= 0.3 is 6.03 Å². The van der Waals surface area contributed by atoms with Crippen molar-refractivity contribution >= 4 is 17.4 Å². The first-order valence-electron chi connectivity index (χ1n) is 5.07. The molecule has 1 aromatic carbocycles. The van der Waals surface area contributed by atoms with Crippen molar-refractivity contribution in [3.05, 3.63) is 24.3 Å². The molecule has 2 amide bonds. The normalized spacial score (nSPS) is 9.69. The van der Waals surface area contributed by atoms with Gasteiger partial charge in [0, 0.05) is 20.6 Å². The maximum atomic E-state index is 11.4. The summed E-state index contributed by atoms with van der Waals surface area (Å²) in [5.41, 5.74) is 1.67. The van der Waals surface area contributed by atoms with Crippen molar-refractivity contribution in [2.45, 2.75) is 0 Å². The monoisotopic (exact) mass is 223 g/mol. The Morgan fingerprint density at radius 3 is 2.69 bits per heavy atom. The van der Waals surface area contributed by atoms with Gasteiger partial charge in [0.25, 0.3) is 0 Å². The molecule has 0 aliphatic carbocycles. The molecule has 0 spiro atoms. The van der Waals surface area contributed by atoms with E-state index in [1.165, 1.54) is 0 Å². The number of amides is 2. The molecule has 0 aromatic heterocycles. The van der Waals surface area contributed by atoms with E-state index >= 15 is 0 Å². The number of rotatable bonds is 4. The highest BCUT2D eigenvalue weighted by molar-refractivity contribution is 5.93. The third kappa shape index (κ3) is 3.43. The van der Waals surface area contributed by atoms with Crippen molar-refractivity contribution in [2.24, 2.45) is 0 Å². The Labute approximate surface area is 95.1 Å². The zero-order valence-corrected chi connectivity index (χ0v) is 9.53. The van der Waals surface area contributed by atoms with E-state index in [2.05, 4.69) is 10.6 Å². The number of para-hydroxylation sites is 2. The van der Waals surface area contributed by atoms with Crippen LogP contribution in [-0.2, 0) is 0 Å². The van der Waals surface area contributed by atoms with Gasteiger partial charge in [0.05, 0.1) is 18.0 Å². The van der Waals surface area contributed by atoms with Gasteiger partial charge in [-0.05, 0) is 12.1 Å². The fraction of sp³-hybridized carbons (Fsp3) is 0.364. The van der Waals surface area contributed by atoms with Crippen molar-refractivity contribution in [1.29, 1.82) is 0 Å². The number of carbonyl (C=O) groups is 1. The van der Waals surface area contributed by atoms with Crippen LogP contribution in [0, 0.1) is 0 Å². The van der Waals surface area contributed by atoms with Gasteiger partial charge < -0.3 is 20.6 Å². The summed E-state index contributed by atoms with van der Waals surface area (Å²) in [4.78, 5) is 13.3. The van der Waals surface area contributed by atoms with Gasteiger partial charge in [-0.2, -0.15) is 0 Å². The first-order chi connectivity index (χ1) is 7.65. The van der Waals surface area contributed by atoms with Crippen LogP contribution in [-0.4, -0.2) is 38.4 Å². The number of hydrogen-bond donors (Lipinski definition) is 3. The van der Waals surface area contributed by atoms with Gasteiger partial charge in [0.15, 0.2) is 0 Å². The lowest BCUT2D eigenvalue weighted by Gasteiger charge is -2.17. The maximum Gasteiger partial charge on any atom is 0.319 e. The lowest BCUT2D eigenvalue weighted by atomic mass is 10.2. The minimum atomic E-state index is -0.316. The summed E-state index contributed by atoms with van der Waals surface area (Å²) in [5.74, 6) is 0. The predicted molar refractivity (Wildman–Crippen MR) is 64.9 cm³/mol.